The third kappa shape index (κ3) is 3.95. The van der Waals surface area contributed by atoms with Crippen LogP contribution in [0.4, 0.5) is 5.82 Å². The molecule has 1 N–H and O–H groups in total. The number of nitrogens with zero attached hydrogens (tertiary/aromatic N) is 3. The van der Waals surface area contributed by atoms with Gasteiger partial charge in [0.2, 0.25) is 0 Å². The number of aromatic nitrogens is 1. The Morgan fingerprint density at radius 1 is 1.04 bits per heavy atom. The zero-order chi connectivity index (χ0) is 18.6. The number of rotatable bonds is 3. The van der Waals surface area contributed by atoms with Crippen molar-refractivity contribution in [3.05, 3.63) is 59.8 Å². The predicted octanol–water partition coefficient (Wildman–Crippen LogP) is 2.55. The van der Waals surface area contributed by atoms with Crippen LogP contribution in [0.2, 0.25) is 0 Å². The van der Waals surface area contributed by atoms with Crippen molar-refractivity contribution in [2.75, 3.05) is 44.3 Å². The summed E-state index contributed by atoms with van der Waals surface area (Å²) >= 11 is 0. The summed E-state index contributed by atoms with van der Waals surface area (Å²) in [5.41, 5.74) is 2.92. The molecule has 0 saturated carbocycles. The summed E-state index contributed by atoms with van der Waals surface area (Å²) in [6, 6.07) is 11.0. The van der Waals surface area contributed by atoms with E-state index >= 15 is 0 Å². The van der Waals surface area contributed by atoms with E-state index in [1.807, 2.05) is 29.2 Å². The van der Waals surface area contributed by atoms with Crippen LogP contribution in [-0.4, -0.2) is 60.3 Å². The van der Waals surface area contributed by atoms with E-state index in [4.69, 9.17) is 4.74 Å². The lowest BCUT2D eigenvalue weighted by atomic mass is 9.99. The molecule has 0 bridgehead atoms. The van der Waals surface area contributed by atoms with Gasteiger partial charge < -0.3 is 19.6 Å². The predicted molar refractivity (Wildman–Crippen MR) is 104 cm³/mol. The van der Waals surface area contributed by atoms with E-state index in [2.05, 4.69) is 16.0 Å². The third-order valence-corrected chi connectivity index (χ3v) is 5.06. The average molecular weight is 365 g/mol. The summed E-state index contributed by atoms with van der Waals surface area (Å²) in [6.45, 7) is 4.35. The molecule has 4 rings (SSSR count). The van der Waals surface area contributed by atoms with Gasteiger partial charge in [-0.3, -0.25) is 4.79 Å². The van der Waals surface area contributed by atoms with Crippen molar-refractivity contribution in [2.45, 2.75) is 6.42 Å². The number of amides is 1. The highest BCUT2D eigenvalue weighted by Crippen LogP contribution is 2.25. The minimum absolute atomic E-state index is 0.0111. The van der Waals surface area contributed by atoms with Crippen molar-refractivity contribution in [2.24, 2.45) is 0 Å². The van der Waals surface area contributed by atoms with Crippen LogP contribution < -0.4 is 4.90 Å². The molecule has 1 saturated heterocycles. The molecular formula is C21H23N3O3. The summed E-state index contributed by atoms with van der Waals surface area (Å²) in [4.78, 5) is 21.3. The molecule has 0 aliphatic carbocycles. The van der Waals surface area contributed by atoms with Crippen molar-refractivity contribution < 1.29 is 14.6 Å². The molecule has 1 fully saturated rings. The van der Waals surface area contributed by atoms with E-state index in [0.717, 1.165) is 30.9 Å². The summed E-state index contributed by atoms with van der Waals surface area (Å²) in [5, 5.41) is 9.41. The highest BCUT2D eigenvalue weighted by molar-refractivity contribution is 5.94. The molecular weight excluding hydrogens is 342 g/mol. The summed E-state index contributed by atoms with van der Waals surface area (Å²) in [5.74, 6) is 1.17. The number of morpholine rings is 1. The zero-order valence-electron chi connectivity index (χ0n) is 15.2. The Bertz CT molecular complexity index is 825. The smallest absolute Gasteiger partial charge is 0.255 e. The molecule has 6 heteroatoms. The lowest BCUT2D eigenvalue weighted by Gasteiger charge is -2.28. The SMILES string of the molecule is O=C(c1ccc(N2CCOCC2)nc1)N1CC=C(c2ccc(O)cc2)CC1. The van der Waals surface area contributed by atoms with E-state index in [9.17, 15) is 9.90 Å². The van der Waals surface area contributed by atoms with Gasteiger partial charge in [-0.25, -0.2) is 4.98 Å². The van der Waals surface area contributed by atoms with Crippen LogP contribution in [0.3, 0.4) is 0 Å². The minimum atomic E-state index is 0.0111. The van der Waals surface area contributed by atoms with Crippen molar-refractivity contribution in [1.82, 2.24) is 9.88 Å². The molecule has 2 aromatic rings. The van der Waals surface area contributed by atoms with Gasteiger partial charge in [-0.2, -0.15) is 0 Å². The maximum absolute atomic E-state index is 12.8. The number of hydrogen-bond donors (Lipinski definition) is 1. The quantitative estimate of drug-likeness (QED) is 0.906. The normalized spacial score (nSPS) is 17.6. The second-order valence-corrected chi connectivity index (χ2v) is 6.78. The number of carbonyl (C=O) groups is 1. The molecule has 2 aliphatic heterocycles. The van der Waals surface area contributed by atoms with E-state index in [0.29, 0.717) is 31.9 Å². The Labute approximate surface area is 158 Å². The van der Waals surface area contributed by atoms with Gasteiger partial charge in [-0.1, -0.05) is 18.2 Å². The Hall–Kier alpha value is -2.86. The van der Waals surface area contributed by atoms with Crippen LogP contribution >= 0.6 is 0 Å². The Kier molecular flexibility index (Phi) is 5.07. The van der Waals surface area contributed by atoms with Gasteiger partial charge in [0.15, 0.2) is 0 Å². The minimum Gasteiger partial charge on any atom is -0.508 e. The highest BCUT2D eigenvalue weighted by Gasteiger charge is 2.20. The molecule has 1 aromatic carbocycles. The van der Waals surface area contributed by atoms with Crippen molar-refractivity contribution in [1.29, 1.82) is 0 Å². The molecule has 1 amide bonds. The molecule has 1 aromatic heterocycles. The summed E-state index contributed by atoms with van der Waals surface area (Å²) < 4.78 is 5.36. The number of phenols is 1. The number of ether oxygens (including phenoxy) is 1. The molecule has 3 heterocycles. The highest BCUT2D eigenvalue weighted by atomic mass is 16.5. The van der Waals surface area contributed by atoms with Crippen LogP contribution in [0.15, 0.2) is 48.7 Å². The van der Waals surface area contributed by atoms with Gasteiger partial charge in [-0.15, -0.1) is 0 Å². The van der Waals surface area contributed by atoms with E-state index in [-0.39, 0.29) is 11.7 Å². The first-order chi connectivity index (χ1) is 13.2. The fourth-order valence-electron chi connectivity index (χ4n) is 3.47. The molecule has 140 valence electrons. The van der Waals surface area contributed by atoms with Gasteiger partial charge in [0.1, 0.15) is 11.6 Å². The number of pyridine rings is 1. The first-order valence-electron chi connectivity index (χ1n) is 9.27. The van der Waals surface area contributed by atoms with Gasteiger partial charge >= 0.3 is 0 Å². The fourth-order valence-corrected chi connectivity index (χ4v) is 3.47. The lowest BCUT2D eigenvalue weighted by molar-refractivity contribution is 0.0772. The Morgan fingerprint density at radius 2 is 1.81 bits per heavy atom. The molecule has 0 atom stereocenters. The van der Waals surface area contributed by atoms with Crippen molar-refractivity contribution in [3.63, 3.8) is 0 Å². The van der Waals surface area contributed by atoms with E-state index in [1.165, 1.54) is 5.57 Å². The Morgan fingerprint density at radius 3 is 2.44 bits per heavy atom. The summed E-state index contributed by atoms with van der Waals surface area (Å²) in [6.07, 6.45) is 4.56. The standard InChI is InChI=1S/C21H23N3O3/c25-19-4-1-16(2-5-19)17-7-9-24(10-8-17)21(26)18-3-6-20(22-15-18)23-11-13-27-14-12-23/h1-7,15,25H,8-14H2. The third-order valence-electron chi connectivity index (χ3n) is 5.06. The first kappa shape index (κ1) is 17.5. The molecule has 0 radical (unpaired) electrons. The summed E-state index contributed by atoms with van der Waals surface area (Å²) in [7, 11) is 0. The van der Waals surface area contributed by atoms with Gasteiger partial charge in [0.25, 0.3) is 5.91 Å². The van der Waals surface area contributed by atoms with E-state index in [1.54, 1.807) is 18.3 Å². The van der Waals surface area contributed by atoms with Crippen molar-refractivity contribution in [3.8, 4) is 5.75 Å². The number of carbonyl (C=O) groups excluding carboxylic acids is 1. The fraction of sp³-hybridized carbons (Fsp3) is 0.333. The average Bonchev–Trinajstić information content (AvgIpc) is 2.75. The van der Waals surface area contributed by atoms with Crippen molar-refractivity contribution >= 4 is 17.3 Å². The number of anilines is 1. The number of hydrogen-bond acceptors (Lipinski definition) is 5. The van der Waals surface area contributed by atoms with Gasteiger partial charge in [0.05, 0.1) is 18.8 Å². The van der Waals surface area contributed by atoms with Crippen LogP contribution in [-0.2, 0) is 4.74 Å². The molecule has 27 heavy (non-hydrogen) atoms. The molecule has 2 aliphatic rings. The second kappa shape index (κ2) is 7.80. The van der Waals surface area contributed by atoms with E-state index < -0.39 is 0 Å². The molecule has 0 spiro atoms. The van der Waals surface area contributed by atoms with Gasteiger partial charge in [0, 0.05) is 32.4 Å². The Balaban J connectivity index is 1.40. The van der Waals surface area contributed by atoms with Gasteiger partial charge in [-0.05, 0) is 41.8 Å². The maximum Gasteiger partial charge on any atom is 0.255 e. The first-order valence-corrected chi connectivity index (χ1v) is 9.27. The lowest BCUT2D eigenvalue weighted by Crippen LogP contribution is -2.37. The van der Waals surface area contributed by atoms with Crippen LogP contribution in [0.5, 0.6) is 5.75 Å². The molecule has 0 unspecified atom stereocenters. The van der Waals surface area contributed by atoms with Crippen LogP contribution in [0.25, 0.3) is 5.57 Å². The topological polar surface area (TPSA) is 65.9 Å². The second-order valence-electron chi connectivity index (χ2n) is 6.78. The zero-order valence-corrected chi connectivity index (χ0v) is 15.2. The monoisotopic (exact) mass is 365 g/mol. The number of phenolic OH excluding ortho intramolecular Hbond substituents is 1. The molecule has 6 nitrogen and oxygen atoms in total. The van der Waals surface area contributed by atoms with Crippen LogP contribution in [0, 0.1) is 0 Å². The maximum atomic E-state index is 12.8. The largest absolute Gasteiger partial charge is 0.508 e. The number of aromatic hydroxyl groups is 1. The number of benzene rings is 1. The van der Waals surface area contributed by atoms with Crippen LogP contribution in [0.1, 0.15) is 22.3 Å².